The lowest BCUT2D eigenvalue weighted by Crippen LogP contribution is -2.34. The number of fused-ring (bicyclic) bond motifs is 2. The van der Waals surface area contributed by atoms with E-state index in [1.54, 1.807) is 11.8 Å². The molecule has 0 fully saturated rings. The Morgan fingerprint density at radius 2 is 2.06 bits per heavy atom. The van der Waals surface area contributed by atoms with Gasteiger partial charge in [0.05, 0.1) is 12.7 Å². The third kappa shape index (κ3) is 4.61. The average Bonchev–Trinajstić information content (AvgIpc) is 2.81. The highest BCUT2D eigenvalue weighted by Gasteiger charge is 2.24. The van der Waals surface area contributed by atoms with Crippen molar-refractivity contribution in [3.8, 4) is 0 Å². The molecule has 0 aliphatic carbocycles. The molecule has 0 radical (unpaired) electrons. The Morgan fingerprint density at radius 3 is 2.81 bits per heavy atom. The maximum atomic E-state index is 12.4. The third-order valence-electron chi connectivity index (χ3n) is 6.63. The van der Waals surface area contributed by atoms with Crippen molar-refractivity contribution in [3.63, 3.8) is 0 Å². The summed E-state index contributed by atoms with van der Waals surface area (Å²) in [5, 5.41) is 6.82. The summed E-state index contributed by atoms with van der Waals surface area (Å²) in [4.78, 5) is 16.3. The molecule has 4 rings (SSSR count). The van der Waals surface area contributed by atoms with Crippen LogP contribution in [0.2, 0.25) is 0 Å². The number of nitrogens with zero attached hydrogens (tertiary/aromatic N) is 1. The smallest absolute Gasteiger partial charge is 0.338 e. The van der Waals surface area contributed by atoms with Gasteiger partial charge in [0.25, 0.3) is 0 Å². The van der Waals surface area contributed by atoms with Crippen molar-refractivity contribution in [3.05, 3.63) is 57.6 Å². The molecule has 0 aromatic heterocycles. The lowest BCUT2D eigenvalue weighted by molar-refractivity contribution is 0.0599. The highest BCUT2D eigenvalue weighted by atomic mass is 32.2. The van der Waals surface area contributed by atoms with E-state index in [0.717, 1.165) is 56.7 Å². The lowest BCUT2D eigenvalue weighted by Gasteiger charge is -2.33. The van der Waals surface area contributed by atoms with E-state index in [9.17, 15) is 4.79 Å². The molecule has 0 spiro atoms. The summed E-state index contributed by atoms with van der Waals surface area (Å²) in [6.45, 7) is 7.00. The summed E-state index contributed by atoms with van der Waals surface area (Å²) in [6, 6.07) is 8.97. The summed E-state index contributed by atoms with van der Waals surface area (Å²) in [5.74, 6) is 0.118. The number of ether oxygens (including phenoxy) is 1. The highest BCUT2D eigenvalue weighted by Crippen LogP contribution is 2.33. The van der Waals surface area contributed by atoms with Crippen LogP contribution in [0.25, 0.3) is 0 Å². The number of rotatable bonds is 6. The monoisotopic (exact) mass is 439 g/mol. The average molecular weight is 440 g/mol. The molecule has 31 heavy (non-hydrogen) atoms. The molecule has 2 aromatic rings. The minimum absolute atomic E-state index is 0.219. The first kappa shape index (κ1) is 22.2. The summed E-state index contributed by atoms with van der Waals surface area (Å²) in [5.41, 5.74) is 8.51. The predicted octanol–water partition coefficient (Wildman–Crippen LogP) is 4.04. The van der Waals surface area contributed by atoms with Gasteiger partial charge < -0.3 is 15.4 Å². The fourth-order valence-electron chi connectivity index (χ4n) is 4.94. The first-order valence-corrected chi connectivity index (χ1v) is 12.3. The van der Waals surface area contributed by atoms with Crippen LogP contribution >= 0.6 is 11.8 Å². The second-order valence-corrected chi connectivity index (χ2v) is 9.45. The molecule has 0 saturated carbocycles. The topological polar surface area (TPSA) is 53.6 Å². The van der Waals surface area contributed by atoms with Crippen molar-refractivity contribution < 1.29 is 9.53 Å². The maximum absolute atomic E-state index is 12.4. The number of hydrogen-bond acceptors (Lipinski definition) is 6. The zero-order valence-corrected chi connectivity index (χ0v) is 19.8. The molecule has 2 N–H and O–H groups in total. The van der Waals surface area contributed by atoms with E-state index in [1.165, 1.54) is 39.9 Å². The van der Waals surface area contributed by atoms with Gasteiger partial charge in [-0.3, -0.25) is 4.90 Å². The Balaban J connectivity index is 1.55. The Hall–Kier alpha value is -2.02. The van der Waals surface area contributed by atoms with Gasteiger partial charge in [-0.05, 0) is 77.6 Å². The molecule has 0 amide bonds. The SMILES string of the molecule is CNc1cc(SC)cc2c1CCN(CC(C)c1cc3c(c(C(=O)OC)c1)CCNC3)C2. The van der Waals surface area contributed by atoms with Crippen molar-refractivity contribution in [1.29, 1.82) is 0 Å². The predicted molar refractivity (Wildman–Crippen MR) is 128 cm³/mol. The molecule has 2 aliphatic heterocycles. The number of carbonyl (C=O) groups excluding carboxylic acids is 1. The van der Waals surface area contributed by atoms with Crippen LogP contribution in [0.5, 0.6) is 0 Å². The van der Waals surface area contributed by atoms with E-state index >= 15 is 0 Å². The van der Waals surface area contributed by atoms with Crippen molar-refractivity contribution in [2.45, 2.75) is 43.7 Å². The third-order valence-corrected chi connectivity index (χ3v) is 7.34. The largest absolute Gasteiger partial charge is 0.465 e. The quantitative estimate of drug-likeness (QED) is 0.523. The van der Waals surface area contributed by atoms with Gasteiger partial charge in [-0.2, -0.15) is 0 Å². The van der Waals surface area contributed by atoms with Gasteiger partial charge in [-0.25, -0.2) is 4.79 Å². The Bertz CT molecular complexity index is 976. The van der Waals surface area contributed by atoms with Crippen LogP contribution in [-0.4, -0.2) is 50.9 Å². The Labute approximate surface area is 189 Å². The van der Waals surface area contributed by atoms with Gasteiger partial charge >= 0.3 is 5.97 Å². The molecule has 2 aromatic carbocycles. The molecule has 2 heterocycles. The van der Waals surface area contributed by atoms with Gasteiger partial charge in [0.15, 0.2) is 0 Å². The summed E-state index contributed by atoms with van der Waals surface area (Å²) in [7, 11) is 3.48. The summed E-state index contributed by atoms with van der Waals surface area (Å²) < 4.78 is 5.09. The molecule has 1 unspecified atom stereocenters. The molecule has 0 bridgehead atoms. The molecular weight excluding hydrogens is 406 g/mol. The van der Waals surface area contributed by atoms with Crippen LogP contribution in [0.4, 0.5) is 5.69 Å². The van der Waals surface area contributed by atoms with E-state index in [2.05, 4.69) is 53.0 Å². The number of nitrogens with one attached hydrogen (secondary N) is 2. The maximum Gasteiger partial charge on any atom is 0.338 e. The Morgan fingerprint density at radius 1 is 1.23 bits per heavy atom. The van der Waals surface area contributed by atoms with Crippen LogP contribution in [0.3, 0.4) is 0 Å². The van der Waals surface area contributed by atoms with Gasteiger partial charge in [0.1, 0.15) is 0 Å². The first-order chi connectivity index (χ1) is 15.0. The number of benzene rings is 2. The van der Waals surface area contributed by atoms with Crippen molar-refractivity contribution in [2.75, 3.05) is 45.4 Å². The van der Waals surface area contributed by atoms with Crippen LogP contribution < -0.4 is 10.6 Å². The zero-order valence-electron chi connectivity index (χ0n) is 19.0. The second kappa shape index (κ2) is 9.63. The number of hydrogen-bond donors (Lipinski definition) is 2. The number of methoxy groups -OCH3 is 1. The minimum atomic E-state index is -0.219. The first-order valence-electron chi connectivity index (χ1n) is 11.1. The Kier molecular flexibility index (Phi) is 6.89. The molecule has 0 saturated heterocycles. The highest BCUT2D eigenvalue weighted by molar-refractivity contribution is 7.98. The van der Waals surface area contributed by atoms with E-state index in [1.807, 2.05) is 7.05 Å². The van der Waals surface area contributed by atoms with Crippen molar-refractivity contribution >= 4 is 23.4 Å². The van der Waals surface area contributed by atoms with Crippen LogP contribution in [-0.2, 0) is 30.7 Å². The number of esters is 1. The van der Waals surface area contributed by atoms with E-state index in [0.29, 0.717) is 5.92 Å². The van der Waals surface area contributed by atoms with E-state index < -0.39 is 0 Å². The van der Waals surface area contributed by atoms with Crippen LogP contribution in [0, 0.1) is 0 Å². The fraction of sp³-hybridized carbons (Fsp3) is 0.480. The summed E-state index contributed by atoms with van der Waals surface area (Å²) >= 11 is 1.79. The van der Waals surface area contributed by atoms with Crippen LogP contribution in [0.15, 0.2) is 29.2 Å². The molecule has 5 nitrogen and oxygen atoms in total. The van der Waals surface area contributed by atoms with Crippen molar-refractivity contribution in [1.82, 2.24) is 10.2 Å². The lowest BCUT2D eigenvalue weighted by atomic mass is 9.88. The molecule has 2 aliphatic rings. The van der Waals surface area contributed by atoms with Crippen LogP contribution in [0.1, 0.15) is 51.0 Å². The van der Waals surface area contributed by atoms with Gasteiger partial charge in [-0.15, -0.1) is 11.8 Å². The number of anilines is 1. The summed E-state index contributed by atoms with van der Waals surface area (Å²) in [6.07, 6.45) is 4.07. The molecular formula is C25H33N3O2S. The standard InChI is InChI=1S/C25H33N3O2S/c1-16(17-9-18-13-27-7-5-21(18)23(11-17)25(29)30-3)14-28-8-6-22-19(15-28)10-20(31-4)12-24(22)26-2/h9-12,16,26-27H,5-8,13-15H2,1-4H3. The minimum Gasteiger partial charge on any atom is -0.465 e. The number of thioether (sulfide) groups is 1. The van der Waals surface area contributed by atoms with Crippen molar-refractivity contribution in [2.24, 2.45) is 0 Å². The van der Waals surface area contributed by atoms with E-state index in [4.69, 9.17) is 4.74 Å². The number of carbonyl (C=O) groups is 1. The fourth-order valence-corrected chi connectivity index (χ4v) is 5.44. The van der Waals surface area contributed by atoms with Gasteiger partial charge in [0, 0.05) is 43.8 Å². The second-order valence-electron chi connectivity index (χ2n) is 8.57. The normalized spacial score (nSPS) is 16.9. The molecule has 1 atom stereocenters. The van der Waals surface area contributed by atoms with Gasteiger partial charge in [-0.1, -0.05) is 13.0 Å². The molecule has 6 heteroatoms. The zero-order chi connectivity index (χ0) is 22.0. The van der Waals surface area contributed by atoms with E-state index in [-0.39, 0.29) is 5.97 Å². The molecule has 166 valence electrons. The van der Waals surface area contributed by atoms with Gasteiger partial charge in [0.2, 0.25) is 0 Å².